The number of hydrogen-bond donors (Lipinski definition) is 2. The molecule has 1 aliphatic rings. The van der Waals surface area contributed by atoms with Crippen molar-refractivity contribution in [1.29, 1.82) is 0 Å². The summed E-state index contributed by atoms with van der Waals surface area (Å²) in [6.45, 7) is 3.48. The molecule has 1 fully saturated rings. The molecule has 0 unspecified atom stereocenters. The van der Waals surface area contributed by atoms with E-state index in [2.05, 4.69) is 25.4 Å². The summed E-state index contributed by atoms with van der Waals surface area (Å²) in [4.78, 5) is 6.39. The van der Waals surface area contributed by atoms with Crippen LogP contribution < -0.4 is 10.2 Å². The van der Waals surface area contributed by atoms with Gasteiger partial charge in [-0.1, -0.05) is 17.7 Å². The third-order valence-corrected chi connectivity index (χ3v) is 3.37. The fourth-order valence-corrected chi connectivity index (χ4v) is 2.24. The normalized spacial score (nSPS) is 15.8. The number of halogens is 2. The average Bonchev–Trinajstić information content (AvgIpc) is 2.92. The zero-order chi connectivity index (χ0) is 13.2. The van der Waals surface area contributed by atoms with Crippen LogP contribution in [-0.2, 0) is 0 Å². The molecule has 2 aromatic rings. The van der Waals surface area contributed by atoms with E-state index in [-0.39, 0.29) is 5.02 Å². The van der Waals surface area contributed by atoms with E-state index in [1.807, 2.05) is 0 Å². The Bertz CT molecular complexity index is 579. The molecule has 100 valence electrons. The summed E-state index contributed by atoms with van der Waals surface area (Å²) in [5.74, 6) is 0.511. The zero-order valence-corrected chi connectivity index (χ0v) is 10.9. The van der Waals surface area contributed by atoms with E-state index in [0.717, 1.165) is 26.2 Å². The molecule has 2 N–H and O–H groups in total. The third kappa shape index (κ3) is 2.41. The van der Waals surface area contributed by atoms with Crippen LogP contribution >= 0.6 is 11.6 Å². The van der Waals surface area contributed by atoms with Gasteiger partial charge in [-0.3, -0.25) is 5.10 Å². The van der Waals surface area contributed by atoms with E-state index in [9.17, 15) is 4.39 Å². The van der Waals surface area contributed by atoms with Gasteiger partial charge in [-0.15, -0.1) is 5.10 Å². The van der Waals surface area contributed by atoms with Crippen LogP contribution in [0.25, 0.3) is 11.4 Å². The summed E-state index contributed by atoms with van der Waals surface area (Å²) >= 11 is 5.76. The summed E-state index contributed by atoms with van der Waals surface area (Å²) in [6, 6.07) is 4.82. The minimum atomic E-state index is -0.479. The highest BCUT2D eigenvalue weighted by molar-refractivity contribution is 6.31. The number of aromatic nitrogens is 3. The average molecular weight is 282 g/mol. The van der Waals surface area contributed by atoms with Crippen molar-refractivity contribution in [3.63, 3.8) is 0 Å². The second-order valence-corrected chi connectivity index (χ2v) is 4.73. The van der Waals surface area contributed by atoms with Gasteiger partial charge in [-0.25, -0.2) is 4.39 Å². The van der Waals surface area contributed by atoms with E-state index in [4.69, 9.17) is 11.6 Å². The monoisotopic (exact) mass is 281 g/mol. The van der Waals surface area contributed by atoms with Crippen LogP contribution in [-0.4, -0.2) is 41.4 Å². The SMILES string of the molecule is Fc1c(Cl)cccc1-c1nc(N2CCNCC2)n[nH]1. The predicted molar refractivity (Wildman–Crippen MR) is 71.9 cm³/mol. The largest absolute Gasteiger partial charge is 0.337 e. The molecule has 0 aliphatic carbocycles. The summed E-state index contributed by atoms with van der Waals surface area (Å²) in [6.07, 6.45) is 0. The molecule has 2 heterocycles. The fraction of sp³-hybridized carbons (Fsp3) is 0.333. The van der Waals surface area contributed by atoms with Crippen LogP contribution in [0.4, 0.5) is 10.3 Å². The van der Waals surface area contributed by atoms with Gasteiger partial charge in [0.05, 0.1) is 10.6 Å². The highest BCUT2D eigenvalue weighted by Gasteiger charge is 2.17. The van der Waals surface area contributed by atoms with E-state index in [1.165, 1.54) is 6.07 Å². The first-order valence-corrected chi connectivity index (χ1v) is 6.46. The molecule has 0 atom stereocenters. The van der Waals surface area contributed by atoms with Gasteiger partial charge in [-0.2, -0.15) is 4.98 Å². The molecule has 19 heavy (non-hydrogen) atoms. The van der Waals surface area contributed by atoms with Crippen molar-refractivity contribution in [2.75, 3.05) is 31.1 Å². The Morgan fingerprint density at radius 3 is 2.84 bits per heavy atom. The lowest BCUT2D eigenvalue weighted by molar-refractivity contribution is 0.580. The quantitative estimate of drug-likeness (QED) is 0.879. The maximum Gasteiger partial charge on any atom is 0.245 e. The first-order valence-electron chi connectivity index (χ1n) is 6.08. The second kappa shape index (κ2) is 5.14. The number of aromatic amines is 1. The number of hydrogen-bond acceptors (Lipinski definition) is 4. The predicted octanol–water partition coefficient (Wildman–Crippen LogP) is 1.67. The molecule has 1 aromatic carbocycles. The number of piperazine rings is 1. The Hall–Kier alpha value is -1.66. The van der Waals surface area contributed by atoms with Crippen LogP contribution in [0, 0.1) is 5.82 Å². The van der Waals surface area contributed by atoms with Crippen molar-refractivity contribution in [3.05, 3.63) is 29.0 Å². The lowest BCUT2D eigenvalue weighted by atomic mass is 10.2. The molecule has 1 saturated heterocycles. The van der Waals surface area contributed by atoms with Crippen molar-refractivity contribution in [3.8, 4) is 11.4 Å². The smallest absolute Gasteiger partial charge is 0.245 e. The second-order valence-electron chi connectivity index (χ2n) is 4.32. The van der Waals surface area contributed by atoms with Gasteiger partial charge in [0.2, 0.25) is 5.95 Å². The molecule has 7 heteroatoms. The van der Waals surface area contributed by atoms with Crippen LogP contribution in [0.5, 0.6) is 0 Å². The lowest BCUT2D eigenvalue weighted by Gasteiger charge is -2.25. The summed E-state index contributed by atoms with van der Waals surface area (Å²) in [5, 5.41) is 10.2. The lowest BCUT2D eigenvalue weighted by Crippen LogP contribution is -2.44. The molecule has 5 nitrogen and oxygen atoms in total. The molecule has 0 amide bonds. The van der Waals surface area contributed by atoms with Crippen LogP contribution in [0.3, 0.4) is 0 Å². The van der Waals surface area contributed by atoms with E-state index >= 15 is 0 Å². The topological polar surface area (TPSA) is 56.8 Å². The molecular formula is C12H13ClFN5. The molecule has 3 rings (SSSR count). The van der Waals surface area contributed by atoms with Gasteiger partial charge >= 0.3 is 0 Å². The maximum atomic E-state index is 13.9. The standard InChI is InChI=1S/C12H13ClFN5/c13-9-3-1-2-8(10(9)14)11-16-12(18-17-11)19-6-4-15-5-7-19/h1-3,15H,4-7H2,(H,16,17,18). The van der Waals surface area contributed by atoms with Crippen LogP contribution in [0.1, 0.15) is 0 Å². The zero-order valence-electron chi connectivity index (χ0n) is 10.2. The molecular weight excluding hydrogens is 269 g/mol. The fourth-order valence-electron chi connectivity index (χ4n) is 2.07. The molecule has 1 aromatic heterocycles. The van der Waals surface area contributed by atoms with Crippen LogP contribution in [0.15, 0.2) is 18.2 Å². The van der Waals surface area contributed by atoms with Crippen LogP contribution in [0.2, 0.25) is 5.02 Å². The van der Waals surface area contributed by atoms with Crippen molar-refractivity contribution in [2.45, 2.75) is 0 Å². The number of anilines is 1. The Morgan fingerprint density at radius 1 is 1.26 bits per heavy atom. The molecule has 0 spiro atoms. The number of H-pyrrole nitrogens is 1. The minimum absolute atomic E-state index is 0.0811. The summed E-state index contributed by atoms with van der Waals surface area (Å²) in [7, 11) is 0. The number of nitrogens with one attached hydrogen (secondary N) is 2. The van der Waals surface area contributed by atoms with E-state index in [1.54, 1.807) is 12.1 Å². The first-order chi connectivity index (χ1) is 9.25. The van der Waals surface area contributed by atoms with Crippen molar-refractivity contribution < 1.29 is 4.39 Å². The maximum absolute atomic E-state index is 13.9. The van der Waals surface area contributed by atoms with Gasteiger partial charge in [0.25, 0.3) is 0 Å². The van der Waals surface area contributed by atoms with Crippen molar-refractivity contribution in [1.82, 2.24) is 20.5 Å². The minimum Gasteiger partial charge on any atom is -0.337 e. The van der Waals surface area contributed by atoms with Gasteiger partial charge < -0.3 is 10.2 Å². The van der Waals surface area contributed by atoms with E-state index in [0.29, 0.717) is 17.3 Å². The Labute approximate surface area is 114 Å². The number of nitrogens with zero attached hydrogens (tertiary/aromatic N) is 3. The van der Waals surface area contributed by atoms with Gasteiger partial charge in [-0.05, 0) is 12.1 Å². The Balaban J connectivity index is 1.90. The van der Waals surface area contributed by atoms with Gasteiger partial charge in [0.1, 0.15) is 0 Å². The summed E-state index contributed by atoms with van der Waals surface area (Å²) < 4.78 is 13.9. The number of benzene rings is 1. The molecule has 0 bridgehead atoms. The molecule has 0 radical (unpaired) electrons. The highest BCUT2D eigenvalue weighted by atomic mass is 35.5. The number of rotatable bonds is 2. The van der Waals surface area contributed by atoms with Crippen molar-refractivity contribution in [2.24, 2.45) is 0 Å². The summed E-state index contributed by atoms with van der Waals surface area (Å²) in [5.41, 5.74) is 0.335. The van der Waals surface area contributed by atoms with E-state index < -0.39 is 5.82 Å². The molecule has 0 saturated carbocycles. The van der Waals surface area contributed by atoms with Gasteiger partial charge in [0, 0.05) is 26.2 Å². The highest BCUT2D eigenvalue weighted by Crippen LogP contribution is 2.25. The molecule has 1 aliphatic heterocycles. The van der Waals surface area contributed by atoms with Crippen molar-refractivity contribution >= 4 is 17.5 Å². The Kier molecular flexibility index (Phi) is 3.35. The Morgan fingerprint density at radius 2 is 2.05 bits per heavy atom. The van der Waals surface area contributed by atoms with Gasteiger partial charge in [0.15, 0.2) is 11.6 Å². The first kappa shape index (κ1) is 12.4. The third-order valence-electron chi connectivity index (χ3n) is 3.08.